The normalized spacial score (nSPS) is 22.1. The van der Waals surface area contributed by atoms with Crippen molar-refractivity contribution in [3.63, 3.8) is 0 Å². The number of nitrogens with two attached hydrogens (primary N) is 1. The van der Waals surface area contributed by atoms with Crippen molar-refractivity contribution in [3.8, 4) is 11.5 Å². The predicted molar refractivity (Wildman–Crippen MR) is 320 cm³/mol. The number of carbonyl (C=O) groups is 2. The fourth-order valence-corrected chi connectivity index (χ4v) is 14.3. The number of aromatic nitrogens is 4. The highest BCUT2D eigenvalue weighted by molar-refractivity contribution is 7.47. The molecule has 25 heteroatoms. The Morgan fingerprint density at radius 1 is 0.927 bits per heavy atom. The van der Waals surface area contributed by atoms with E-state index in [0.29, 0.717) is 65.8 Å². The topological polar surface area (TPSA) is 252 Å². The molecule has 20 nitrogen and oxygen atoms in total. The van der Waals surface area contributed by atoms with Gasteiger partial charge >= 0.3 is 7.82 Å². The number of phosphoric ester groups is 1. The van der Waals surface area contributed by atoms with Crippen LogP contribution in [0.4, 0.5) is 17.6 Å². The number of amides is 2. The van der Waals surface area contributed by atoms with Crippen LogP contribution >= 0.6 is 54.2 Å². The monoisotopic (exact) mass is 1220 g/mol. The first-order valence-corrected chi connectivity index (χ1v) is 30.5. The van der Waals surface area contributed by atoms with Gasteiger partial charge in [-0.05, 0) is 90.2 Å². The maximum Gasteiger partial charge on any atom is 0.472 e. The van der Waals surface area contributed by atoms with Crippen LogP contribution in [0.25, 0.3) is 27.9 Å². The molecule has 0 aliphatic carbocycles. The summed E-state index contributed by atoms with van der Waals surface area (Å²) in [7, 11) is -2.75. The van der Waals surface area contributed by atoms with Crippen molar-refractivity contribution in [2.24, 2.45) is 0 Å². The number of carbonyl (C=O) groups excluding carboxylic acids is 2. The molecule has 2 amide bonds. The molecule has 7 heterocycles. The highest BCUT2D eigenvalue weighted by Crippen LogP contribution is 2.54. The van der Waals surface area contributed by atoms with Crippen molar-refractivity contribution < 1.29 is 42.7 Å². The molecule has 0 saturated carbocycles. The number of aromatic amines is 1. The number of H-pyrrole nitrogens is 1. The largest absolute Gasteiger partial charge is 0.472 e. The lowest BCUT2D eigenvalue weighted by Gasteiger charge is -2.43. The number of fused-ring (bicyclic) bond motifs is 6. The molecule has 10 rings (SSSR count). The lowest BCUT2D eigenvalue weighted by Crippen LogP contribution is -2.49. The average molecular weight is 1230 g/mol. The van der Waals surface area contributed by atoms with Crippen molar-refractivity contribution in [2.75, 3.05) is 62.3 Å². The standard InChI is InChI=1S/C57H67Cl4N10O10P/c1-10-69-34-23-36-32(21-30(34)28(3)25-56(69,5)6)40(33-22-31-29(4)26-57(7,8)70(11-2)35(31)24-37(33)79-36)41-42(44(59)46(61)45(60)43(41)58)52(75)68(9)20-16-17-39(72)63-18-14-12-13-15-19-64-55-65-47-50(66-54(62)67-51(47)74)71(55)53-48(73)49-38(80-53)27-78-82(76,77)81-49/h21-26,38,48-49,53,73H,10-20,27H2,1-9H3,(H5,62,63,67,72,74,75,76,77)/p+1/t38-,48-,49-,53-/m1/s1. The number of ether oxygens (including phenoxy) is 2. The van der Waals surface area contributed by atoms with Gasteiger partial charge in [0.15, 0.2) is 22.9 Å². The number of aliphatic hydroxyl groups excluding tert-OH is 1. The third kappa shape index (κ3) is 10.9. The van der Waals surface area contributed by atoms with Gasteiger partial charge in [-0.1, -0.05) is 65.3 Å². The number of hydrogen-bond acceptors (Lipinski definition) is 14. The second kappa shape index (κ2) is 22.8. The molecule has 1 unspecified atom stereocenters. The van der Waals surface area contributed by atoms with E-state index >= 15 is 4.79 Å². The molecular weight excluding hydrogens is 1160 g/mol. The van der Waals surface area contributed by atoms with Gasteiger partial charge < -0.3 is 45.6 Å². The van der Waals surface area contributed by atoms with E-state index in [2.05, 4.69) is 127 Å². The smallest absolute Gasteiger partial charge is 0.456 e. The second-order valence-corrected chi connectivity index (χ2v) is 25.4. The Morgan fingerprint density at radius 3 is 2.35 bits per heavy atom. The number of phosphoric acid groups is 1. The minimum Gasteiger partial charge on any atom is -0.456 e. The number of halogens is 4. The van der Waals surface area contributed by atoms with Crippen molar-refractivity contribution in [1.82, 2.24) is 34.3 Å². The summed E-state index contributed by atoms with van der Waals surface area (Å²) in [6.45, 7) is 19.5. The van der Waals surface area contributed by atoms with E-state index in [1.807, 2.05) is 0 Å². The summed E-state index contributed by atoms with van der Waals surface area (Å²) >= 11 is 28.4. The number of anilines is 3. The molecule has 0 spiro atoms. The maximum atomic E-state index is 15.1. The van der Waals surface area contributed by atoms with Gasteiger partial charge in [0.1, 0.15) is 36.4 Å². The van der Waals surface area contributed by atoms with E-state index in [4.69, 9.17) is 70.7 Å². The molecule has 5 aromatic rings. The van der Waals surface area contributed by atoms with Crippen LogP contribution < -0.4 is 46.7 Å². The summed E-state index contributed by atoms with van der Waals surface area (Å²) in [6.07, 6.45) is 3.18. The Kier molecular flexibility index (Phi) is 16.6. The lowest BCUT2D eigenvalue weighted by molar-refractivity contribution is -0.121. The van der Waals surface area contributed by atoms with Crippen LogP contribution in [0, 0.1) is 0 Å². The zero-order chi connectivity index (χ0) is 59.1. The Bertz CT molecular complexity index is 3790. The first kappa shape index (κ1) is 59.6. The molecule has 0 bridgehead atoms. The molecule has 5 aliphatic heterocycles. The molecular formula is C57H68Cl4N10O10P+. The highest BCUT2D eigenvalue weighted by atomic mass is 35.5. The number of nitrogens with zero attached hydrogens (tertiary/aromatic N) is 6. The van der Waals surface area contributed by atoms with E-state index in [0.717, 1.165) is 59.2 Å². The van der Waals surface area contributed by atoms with Gasteiger partial charge in [-0.15, -0.1) is 0 Å². The number of unbranched alkanes of at least 4 members (excludes halogenated alkanes) is 3. The minimum atomic E-state index is -4.40. The molecule has 82 heavy (non-hydrogen) atoms. The van der Waals surface area contributed by atoms with Gasteiger partial charge in [-0.2, -0.15) is 4.98 Å². The van der Waals surface area contributed by atoms with Crippen molar-refractivity contribution in [3.05, 3.63) is 105 Å². The third-order valence-corrected chi connectivity index (χ3v) is 18.8. The van der Waals surface area contributed by atoms with Crippen LogP contribution in [0.15, 0.2) is 41.2 Å². The number of imidazole rings is 1. The lowest BCUT2D eigenvalue weighted by atomic mass is 9.83. The van der Waals surface area contributed by atoms with Crippen LogP contribution in [0.2, 0.25) is 20.1 Å². The third-order valence-electron chi connectivity index (χ3n) is 16.0. The fourth-order valence-electron chi connectivity index (χ4n) is 12.3. The number of benzene rings is 3. The summed E-state index contributed by atoms with van der Waals surface area (Å²) in [4.78, 5) is 65.9. The predicted octanol–water partition coefficient (Wildman–Crippen LogP) is 8.81. The van der Waals surface area contributed by atoms with Gasteiger partial charge in [0.25, 0.3) is 11.5 Å². The molecule has 3 aromatic carbocycles. The number of likely N-dealkylation sites (N-methyl/N-ethyl adjacent to an activating group) is 2. The zero-order valence-corrected chi connectivity index (χ0v) is 51.1. The van der Waals surface area contributed by atoms with Gasteiger partial charge in [0.2, 0.25) is 23.2 Å². The van der Waals surface area contributed by atoms with Crippen LogP contribution in [0.3, 0.4) is 0 Å². The number of nitrogens with one attached hydrogen (secondary N) is 3. The molecule has 0 radical (unpaired) electrons. The Balaban J connectivity index is 0.823. The molecule has 438 valence electrons. The molecule has 2 fully saturated rings. The second-order valence-electron chi connectivity index (χ2n) is 22.5. The van der Waals surface area contributed by atoms with Gasteiger partial charge in [-0.3, -0.25) is 33.0 Å². The molecule has 7 N–H and O–H groups in total. The molecule has 5 atom stereocenters. The summed E-state index contributed by atoms with van der Waals surface area (Å²) < 4.78 is 38.9. The Morgan fingerprint density at radius 2 is 1.63 bits per heavy atom. The SMILES string of the molecule is CCN1c2cc3c(cc2C(C)=CC1(C)C)C(c1c(Cl)c(Cl)c(Cl)c(Cl)c1C(=O)N(C)CCCC(=O)NCCCCCCNc1nc2c(=O)[nH]c(N)nc2n1[C@@H]1O[C@@H]2COP(=O)(O)O[C@H]2[C@H]1O)=c1cc2c(cc1O3)=[N+](CC)C(C)(C)C=C2C. The van der Waals surface area contributed by atoms with Crippen LogP contribution in [0.1, 0.15) is 133 Å². The number of aliphatic hydroxyl groups is 1. The molecule has 5 aliphatic rings. The summed E-state index contributed by atoms with van der Waals surface area (Å²) in [5, 5.41) is 19.0. The molecule has 2 saturated heterocycles. The number of allylic oxidation sites excluding steroid dienone is 2. The zero-order valence-electron chi connectivity index (χ0n) is 47.1. The quantitative estimate of drug-likeness (QED) is 0.0164. The first-order chi connectivity index (χ1) is 38.8. The highest BCUT2D eigenvalue weighted by Gasteiger charge is 2.53. The van der Waals surface area contributed by atoms with Crippen molar-refractivity contribution in [2.45, 2.75) is 130 Å². The minimum absolute atomic E-state index is 0.00510. The number of nitrogen functional groups attached to an aromatic ring is 1. The van der Waals surface area contributed by atoms with Gasteiger partial charge in [0.05, 0.1) is 43.9 Å². The van der Waals surface area contributed by atoms with Crippen molar-refractivity contribution in [1.29, 1.82) is 0 Å². The van der Waals surface area contributed by atoms with Crippen molar-refractivity contribution >= 4 is 112 Å². The average Bonchev–Trinajstić information content (AvgIpc) is 1.27. The van der Waals surface area contributed by atoms with E-state index in [9.17, 15) is 24.2 Å². The van der Waals surface area contributed by atoms with E-state index in [1.165, 1.54) is 9.47 Å². The molecule has 2 aromatic heterocycles. The van der Waals surface area contributed by atoms with E-state index in [1.54, 1.807) is 7.05 Å². The number of hydrogen-bond donors (Lipinski definition) is 6. The Labute approximate surface area is 494 Å². The van der Waals surface area contributed by atoms with Crippen LogP contribution in [0.5, 0.6) is 11.5 Å². The fraction of sp³-hybridized carbons (Fsp3) is 0.474. The summed E-state index contributed by atoms with van der Waals surface area (Å²) in [6, 6.07) is 8.37. The van der Waals surface area contributed by atoms with Crippen LogP contribution in [-0.2, 0) is 23.1 Å². The van der Waals surface area contributed by atoms with Gasteiger partial charge in [-0.25, -0.2) is 14.1 Å². The maximum absolute atomic E-state index is 15.1. The summed E-state index contributed by atoms with van der Waals surface area (Å²) in [5.74, 6) is 0.503. The number of rotatable bonds is 17. The summed E-state index contributed by atoms with van der Waals surface area (Å²) in [5.41, 5.74) is 11.6. The van der Waals surface area contributed by atoms with Gasteiger partial charge in [0, 0.05) is 98.3 Å². The van der Waals surface area contributed by atoms with Crippen LogP contribution in [-0.4, -0.2) is 122 Å². The Hall–Kier alpha value is -5.51. The van der Waals surface area contributed by atoms with E-state index < -0.39 is 43.8 Å². The first-order valence-electron chi connectivity index (χ1n) is 27.5. The van der Waals surface area contributed by atoms with E-state index in [-0.39, 0.29) is 85.3 Å².